The normalized spacial score (nSPS) is 16.7. The van der Waals surface area contributed by atoms with Gasteiger partial charge in [-0.2, -0.15) is 0 Å². The van der Waals surface area contributed by atoms with E-state index < -0.39 is 0 Å². The van der Waals surface area contributed by atoms with Crippen molar-refractivity contribution >= 4 is 23.2 Å². The third-order valence-electron chi connectivity index (χ3n) is 3.97. The molecule has 1 aromatic rings. The van der Waals surface area contributed by atoms with Crippen LogP contribution < -0.4 is 10.1 Å². The van der Waals surface area contributed by atoms with Crippen LogP contribution in [0.15, 0.2) is 18.2 Å². The number of likely N-dealkylation sites (tertiary alicyclic amines) is 1. The summed E-state index contributed by atoms with van der Waals surface area (Å²) in [7, 11) is 1.57. The summed E-state index contributed by atoms with van der Waals surface area (Å²) in [6.45, 7) is 5.31. The van der Waals surface area contributed by atoms with Gasteiger partial charge in [-0.05, 0) is 50.0 Å². The second kappa shape index (κ2) is 7.66. The number of ether oxygens (including phenoxy) is 1. The molecular weight excluding hydrogens is 288 g/mol. The molecule has 5 heteroatoms. The van der Waals surface area contributed by atoms with Crippen molar-refractivity contribution in [2.75, 3.05) is 32.1 Å². The Morgan fingerprint density at radius 2 is 2.14 bits per heavy atom. The average molecular weight is 311 g/mol. The molecule has 0 spiro atoms. The number of carbonyl (C=O) groups is 1. The summed E-state index contributed by atoms with van der Waals surface area (Å²) in [6.07, 6.45) is 2.98. The number of hydrogen-bond donors (Lipinski definition) is 1. The second-order valence-corrected chi connectivity index (χ2v) is 6.08. The number of carbonyl (C=O) groups excluding carboxylic acids is 1. The van der Waals surface area contributed by atoms with Gasteiger partial charge in [0.15, 0.2) is 0 Å². The Labute approximate surface area is 131 Å². The molecule has 0 aliphatic carbocycles. The number of nitrogens with zero attached hydrogens (tertiary/aromatic N) is 1. The summed E-state index contributed by atoms with van der Waals surface area (Å²) in [5.74, 6) is 1.45. The van der Waals surface area contributed by atoms with Crippen LogP contribution in [0.4, 0.5) is 5.69 Å². The van der Waals surface area contributed by atoms with E-state index in [1.807, 2.05) is 0 Å². The molecule has 1 aliphatic heterocycles. The fourth-order valence-electron chi connectivity index (χ4n) is 2.51. The number of nitrogens with one attached hydrogen (secondary N) is 1. The van der Waals surface area contributed by atoms with E-state index >= 15 is 0 Å². The maximum atomic E-state index is 12.0. The van der Waals surface area contributed by atoms with Gasteiger partial charge >= 0.3 is 0 Å². The number of halogens is 1. The van der Waals surface area contributed by atoms with Crippen LogP contribution in [0.2, 0.25) is 5.02 Å². The maximum absolute atomic E-state index is 12.0. The summed E-state index contributed by atoms with van der Waals surface area (Å²) in [5.41, 5.74) is 0.707. The second-order valence-electron chi connectivity index (χ2n) is 5.67. The van der Waals surface area contributed by atoms with Crippen molar-refractivity contribution in [3.8, 4) is 5.75 Å². The SMILES string of the molecule is COc1ccc(NC(=O)CCN2CCC(C)CC2)cc1Cl. The summed E-state index contributed by atoms with van der Waals surface area (Å²) in [6, 6.07) is 5.26. The lowest BCUT2D eigenvalue weighted by Gasteiger charge is -2.29. The van der Waals surface area contributed by atoms with Crippen molar-refractivity contribution in [1.82, 2.24) is 4.90 Å². The number of methoxy groups -OCH3 is 1. The van der Waals surface area contributed by atoms with Gasteiger partial charge in [-0.25, -0.2) is 0 Å². The van der Waals surface area contributed by atoms with E-state index in [4.69, 9.17) is 16.3 Å². The molecule has 21 heavy (non-hydrogen) atoms. The fraction of sp³-hybridized carbons (Fsp3) is 0.562. The molecule has 1 N–H and O–H groups in total. The first kappa shape index (κ1) is 16.1. The zero-order chi connectivity index (χ0) is 15.2. The van der Waals surface area contributed by atoms with Gasteiger partial charge in [0.25, 0.3) is 0 Å². The number of amides is 1. The van der Waals surface area contributed by atoms with E-state index in [-0.39, 0.29) is 5.91 Å². The molecule has 4 nitrogen and oxygen atoms in total. The summed E-state index contributed by atoms with van der Waals surface area (Å²) in [4.78, 5) is 14.3. The molecule has 1 fully saturated rings. The molecule has 1 heterocycles. The van der Waals surface area contributed by atoms with Crippen molar-refractivity contribution in [3.63, 3.8) is 0 Å². The number of anilines is 1. The van der Waals surface area contributed by atoms with E-state index in [0.717, 1.165) is 25.6 Å². The molecule has 0 bridgehead atoms. The molecule has 1 saturated heterocycles. The van der Waals surface area contributed by atoms with Crippen molar-refractivity contribution in [1.29, 1.82) is 0 Å². The third-order valence-corrected chi connectivity index (χ3v) is 4.26. The van der Waals surface area contributed by atoms with Gasteiger partial charge in [0.05, 0.1) is 12.1 Å². The van der Waals surface area contributed by atoms with Crippen LogP contribution >= 0.6 is 11.6 Å². The Balaban J connectivity index is 1.78. The Morgan fingerprint density at radius 3 is 2.76 bits per heavy atom. The Hall–Kier alpha value is -1.26. The molecule has 0 unspecified atom stereocenters. The van der Waals surface area contributed by atoms with Gasteiger partial charge in [0.2, 0.25) is 5.91 Å². The van der Waals surface area contributed by atoms with E-state index in [2.05, 4.69) is 17.1 Å². The van der Waals surface area contributed by atoms with Crippen LogP contribution in [0.5, 0.6) is 5.75 Å². The van der Waals surface area contributed by atoms with Crippen molar-refractivity contribution in [2.45, 2.75) is 26.2 Å². The molecule has 1 aromatic carbocycles. The number of benzene rings is 1. The topological polar surface area (TPSA) is 41.6 Å². The van der Waals surface area contributed by atoms with Crippen LogP contribution in [0.25, 0.3) is 0 Å². The quantitative estimate of drug-likeness (QED) is 0.906. The molecule has 1 aliphatic rings. The highest BCUT2D eigenvalue weighted by atomic mass is 35.5. The molecule has 0 radical (unpaired) electrons. The monoisotopic (exact) mass is 310 g/mol. The van der Waals surface area contributed by atoms with Crippen LogP contribution in [0, 0.1) is 5.92 Å². The van der Waals surface area contributed by atoms with Crippen LogP contribution in [0.3, 0.4) is 0 Å². The highest BCUT2D eigenvalue weighted by molar-refractivity contribution is 6.32. The molecule has 116 valence electrons. The minimum atomic E-state index is 0.0230. The smallest absolute Gasteiger partial charge is 0.225 e. The lowest BCUT2D eigenvalue weighted by molar-refractivity contribution is -0.116. The Kier molecular flexibility index (Phi) is 5.88. The summed E-state index contributed by atoms with van der Waals surface area (Å²) >= 11 is 6.04. The minimum Gasteiger partial charge on any atom is -0.495 e. The molecule has 0 aromatic heterocycles. The van der Waals surface area contributed by atoms with Gasteiger partial charge in [-0.15, -0.1) is 0 Å². The Morgan fingerprint density at radius 1 is 1.43 bits per heavy atom. The molecular formula is C16H23ClN2O2. The number of piperidine rings is 1. The summed E-state index contributed by atoms with van der Waals surface area (Å²) < 4.78 is 5.09. The molecule has 1 amide bonds. The standard InChI is InChI=1S/C16H23ClN2O2/c1-12-5-8-19(9-6-12)10-7-16(20)18-13-3-4-15(21-2)14(17)11-13/h3-4,11-12H,5-10H2,1-2H3,(H,18,20). The maximum Gasteiger partial charge on any atom is 0.225 e. The third kappa shape index (κ3) is 4.90. The molecule has 0 atom stereocenters. The van der Waals surface area contributed by atoms with E-state index in [0.29, 0.717) is 22.9 Å². The van der Waals surface area contributed by atoms with Gasteiger partial charge < -0.3 is 15.0 Å². The zero-order valence-electron chi connectivity index (χ0n) is 12.7. The Bertz CT molecular complexity index is 485. The molecule has 2 rings (SSSR count). The predicted octanol–water partition coefficient (Wildman–Crippen LogP) is 3.41. The number of hydrogen-bond acceptors (Lipinski definition) is 3. The van der Waals surface area contributed by atoms with Crippen LogP contribution in [-0.4, -0.2) is 37.6 Å². The van der Waals surface area contributed by atoms with Gasteiger partial charge in [0, 0.05) is 18.7 Å². The van der Waals surface area contributed by atoms with Gasteiger partial charge in [-0.3, -0.25) is 4.79 Å². The first-order valence-corrected chi connectivity index (χ1v) is 7.82. The highest BCUT2D eigenvalue weighted by Gasteiger charge is 2.16. The van der Waals surface area contributed by atoms with Crippen molar-refractivity contribution < 1.29 is 9.53 Å². The van der Waals surface area contributed by atoms with Crippen LogP contribution in [0.1, 0.15) is 26.2 Å². The van der Waals surface area contributed by atoms with E-state index in [9.17, 15) is 4.79 Å². The fourth-order valence-corrected chi connectivity index (χ4v) is 2.77. The predicted molar refractivity (Wildman–Crippen MR) is 86.1 cm³/mol. The van der Waals surface area contributed by atoms with Gasteiger partial charge in [-0.1, -0.05) is 18.5 Å². The first-order chi connectivity index (χ1) is 10.1. The molecule has 0 saturated carbocycles. The van der Waals surface area contributed by atoms with E-state index in [1.165, 1.54) is 12.8 Å². The lowest BCUT2D eigenvalue weighted by Crippen LogP contribution is -2.35. The lowest BCUT2D eigenvalue weighted by atomic mass is 9.99. The largest absolute Gasteiger partial charge is 0.495 e. The zero-order valence-corrected chi connectivity index (χ0v) is 13.4. The van der Waals surface area contributed by atoms with Gasteiger partial charge in [0.1, 0.15) is 5.75 Å². The van der Waals surface area contributed by atoms with Crippen molar-refractivity contribution in [2.24, 2.45) is 5.92 Å². The minimum absolute atomic E-state index is 0.0230. The summed E-state index contributed by atoms with van der Waals surface area (Å²) in [5, 5.41) is 3.38. The average Bonchev–Trinajstić information content (AvgIpc) is 2.47. The van der Waals surface area contributed by atoms with Crippen LogP contribution in [-0.2, 0) is 4.79 Å². The number of rotatable bonds is 5. The first-order valence-electron chi connectivity index (χ1n) is 7.44. The van der Waals surface area contributed by atoms with Crippen molar-refractivity contribution in [3.05, 3.63) is 23.2 Å². The highest BCUT2D eigenvalue weighted by Crippen LogP contribution is 2.27. The van der Waals surface area contributed by atoms with E-state index in [1.54, 1.807) is 25.3 Å².